The van der Waals surface area contributed by atoms with E-state index in [1.165, 1.54) is 0 Å². The Morgan fingerprint density at radius 1 is 1.26 bits per heavy atom. The SMILES string of the molecule is CC(=O)NS(=O)(=O)NC1CCN(C(=O)c2cc3c(Cl)c(Cl)ccc3n2C)C1. The summed E-state index contributed by atoms with van der Waals surface area (Å²) < 4.78 is 29.6. The number of carbonyl (C=O) groups is 2. The summed E-state index contributed by atoms with van der Waals surface area (Å²) in [7, 11) is -2.19. The molecular weight excluding hydrogens is 415 g/mol. The number of likely N-dealkylation sites (tertiary alicyclic amines) is 1. The molecule has 1 aromatic heterocycles. The Kier molecular flexibility index (Phi) is 5.40. The lowest BCUT2D eigenvalue weighted by molar-refractivity contribution is -0.117. The van der Waals surface area contributed by atoms with Crippen molar-refractivity contribution < 1.29 is 18.0 Å². The molecule has 1 saturated heterocycles. The van der Waals surface area contributed by atoms with E-state index in [0.29, 0.717) is 34.1 Å². The fraction of sp³-hybridized carbons (Fsp3) is 0.375. The average Bonchev–Trinajstić information content (AvgIpc) is 3.14. The molecule has 0 spiro atoms. The zero-order valence-corrected chi connectivity index (χ0v) is 17.0. The number of hydrogen-bond acceptors (Lipinski definition) is 4. The summed E-state index contributed by atoms with van der Waals surface area (Å²) in [6.45, 7) is 1.71. The lowest BCUT2D eigenvalue weighted by atomic mass is 10.2. The molecule has 146 valence electrons. The first kappa shape index (κ1) is 19.9. The van der Waals surface area contributed by atoms with Crippen molar-refractivity contribution in [3.63, 3.8) is 0 Å². The lowest BCUT2D eigenvalue weighted by Gasteiger charge is -2.17. The number of aryl methyl sites for hydroxylation is 1. The summed E-state index contributed by atoms with van der Waals surface area (Å²) in [5, 5.41) is 1.46. The van der Waals surface area contributed by atoms with E-state index in [9.17, 15) is 18.0 Å². The smallest absolute Gasteiger partial charge is 0.301 e. The van der Waals surface area contributed by atoms with Gasteiger partial charge in [0.05, 0.1) is 10.0 Å². The van der Waals surface area contributed by atoms with Gasteiger partial charge in [0.1, 0.15) is 5.69 Å². The van der Waals surface area contributed by atoms with E-state index < -0.39 is 22.2 Å². The van der Waals surface area contributed by atoms with Crippen molar-refractivity contribution in [1.82, 2.24) is 18.9 Å². The van der Waals surface area contributed by atoms with E-state index in [0.717, 1.165) is 12.4 Å². The quantitative estimate of drug-likeness (QED) is 0.766. The Labute approximate surface area is 166 Å². The molecule has 2 N–H and O–H groups in total. The molecule has 0 bridgehead atoms. The number of carbonyl (C=O) groups excluding carboxylic acids is 2. The minimum Gasteiger partial charge on any atom is -0.340 e. The molecule has 1 atom stereocenters. The molecule has 8 nitrogen and oxygen atoms in total. The van der Waals surface area contributed by atoms with Crippen LogP contribution < -0.4 is 9.44 Å². The Hall–Kier alpha value is -1.81. The molecule has 0 saturated carbocycles. The van der Waals surface area contributed by atoms with E-state index in [4.69, 9.17) is 23.2 Å². The Balaban J connectivity index is 1.78. The molecule has 0 radical (unpaired) electrons. The fourth-order valence-corrected chi connectivity index (χ4v) is 4.64. The largest absolute Gasteiger partial charge is 0.340 e. The van der Waals surface area contributed by atoms with Crippen LogP contribution in [0.5, 0.6) is 0 Å². The van der Waals surface area contributed by atoms with E-state index in [1.54, 1.807) is 34.7 Å². The zero-order valence-electron chi connectivity index (χ0n) is 14.6. The van der Waals surface area contributed by atoms with Gasteiger partial charge in [-0.25, -0.2) is 4.72 Å². The number of aromatic nitrogens is 1. The number of halogens is 2. The summed E-state index contributed by atoms with van der Waals surface area (Å²) in [6.07, 6.45) is 0.446. The first-order valence-electron chi connectivity index (χ1n) is 8.12. The first-order chi connectivity index (χ1) is 12.6. The predicted octanol–water partition coefficient (Wildman–Crippen LogP) is 1.67. The number of nitrogens with zero attached hydrogens (tertiary/aromatic N) is 2. The molecule has 11 heteroatoms. The summed E-state index contributed by atoms with van der Waals surface area (Å²) >= 11 is 12.3. The van der Waals surface area contributed by atoms with Gasteiger partial charge in [-0.15, -0.1) is 0 Å². The molecule has 0 aliphatic carbocycles. The minimum atomic E-state index is -3.94. The number of benzene rings is 1. The van der Waals surface area contributed by atoms with Gasteiger partial charge in [-0.05, 0) is 24.6 Å². The van der Waals surface area contributed by atoms with Gasteiger partial charge in [0.15, 0.2) is 0 Å². The molecule has 1 unspecified atom stereocenters. The van der Waals surface area contributed by atoms with Crippen molar-refractivity contribution in [2.75, 3.05) is 13.1 Å². The van der Waals surface area contributed by atoms with Gasteiger partial charge >= 0.3 is 10.2 Å². The van der Waals surface area contributed by atoms with Crippen LogP contribution in [-0.4, -0.2) is 48.8 Å². The minimum absolute atomic E-state index is 0.202. The van der Waals surface area contributed by atoms with Crippen LogP contribution in [0.25, 0.3) is 10.9 Å². The van der Waals surface area contributed by atoms with Gasteiger partial charge in [0.25, 0.3) is 5.91 Å². The average molecular weight is 433 g/mol. The topological polar surface area (TPSA) is 101 Å². The first-order valence-corrected chi connectivity index (χ1v) is 10.4. The highest BCUT2D eigenvalue weighted by molar-refractivity contribution is 7.88. The Morgan fingerprint density at radius 3 is 2.63 bits per heavy atom. The van der Waals surface area contributed by atoms with E-state index in [2.05, 4.69) is 4.72 Å². The number of nitrogens with one attached hydrogen (secondary N) is 2. The highest BCUT2D eigenvalue weighted by atomic mass is 35.5. The van der Waals surface area contributed by atoms with Crippen LogP contribution in [0.3, 0.4) is 0 Å². The maximum absolute atomic E-state index is 12.9. The molecule has 27 heavy (non-hydrogen) atoms. The molecule has 3 rings (SSSR count). The third-order valence-electron chi connectivity index (χ3n) is 4.41. The summed E-state index contributed by atoms with van der Waals surface area (Å²) in [5.41, 5.74) is 1.20. The van der Waals surface area contributed by atoms with E-state index in [-0.39, 0.29) is 12.5 Å². The molecule has 1 fully saturated rings. The number of amides is 2. The highest BCUT2D eigenvalue weighted by Crippen LogP contribution is 2.33. The molecule has 2 heterocycles. The van der Waals surface area contributed by atoms with Crippen LogP contribution in [0.4, 0.5) is 0 Å². The van der Waals surface area contributed by atoms with Crippen LogP contribution >= 0.6 is 23.2 Å². The van der Waals surface area contributed by atoms with Crippen molar-refractivity contribution in [3.05, 3.63) is 33.9 Å². The van der Waals surface area contributed by atoms with Crippen molar-refractivity contribution in [3.8, 4) is 0 Å². The van der Waals surface area contributed by atoms with Gasteiger partial charge in [0.2, 0.25) is 5.91 Å². The van der Waals surface area contributed by atoms with Crippen molar-refractivity contribution >= 4 is 56.1 Å². The second kappa shape index (κ2) is 7.31. The molecule has 2 amide bonds. The van der Waals surface area contributed by atoms with Gasteiger partial charge in [-0.1, -0.05) is 23.2 Å². The summed E-state index contributed by atoms with van der Waals surface area (Å²) in [4.78, 5) is 25.4. The predicted molar refractivity (Wildman–Crippen MR) is 103 cm³/mol. The highest BCUT2D eigenvalue weighted by Gasteiger charge is 2.31. The standard InChI is InChI=1S/C16H18Cl2N4O4S/c1-9(23)19-27(25,26)20-10-5-6-22(8-10)16(24)14-7-11-13(21(14)2)4-3-12(17)15(11)18/h3-4,7,10,20H,5-6,8H2,1-2H3,(H,19,23). The van der Waals surface area contributed by atoms with Crippen molar-refractivity contribution in [2.24, 2.45) is 7.05 Å². The molecule has 1 aliphatic heterocycles. The number of rotatable bonds is 4. The zero-order chi connectivity index (χ0) is 19.9. The van der Waals surface area contributed by atoms with Crippen LogP contribution in [0.1, 0.15) is 23.8 Å². The molecule has 2 aromatic rings. The monoisotopic (exact) mass is 432 g/mol. The summed E-state index contributed by atoms with van der Waals surface area (Å²) in [5.74, 6) is -0.915. The van der Waals surface area contributed by atoms with E-state index >= 15 is 0 Å². The second-order valence-electron chi connectivity index (χ2n) is 6.40. The normalized spacial score (nSPS) is 17.5. The van der Waals surface area contributed by atoms with Gasteiger partial charge in [0, 0.05) is 44.0 Å². The number of fused-ring (bicyclic) bond motifs is 1. The Bertz CT molecular complexity index is 1030. The Morgan fingerprint density at radius 2 is 1.96 bits per heavy atom. The number of hydrogen-bond donors (Lipinski definition) is 2. The maximum Gasteiger partial charge on any atom is 0.301 e. The van der Waals surface area contributed by atoms with Crippen molar-refractivity contribution in [2.45, 2.75) is 19.4 Å². The third kappa shape index (κ3) is 4.06. The molecular formula is C16H18Cl2N4O4S. The van der Waals surface area contributed by atoms with Crippen LogP contribution in [0.2, 0.25) is 10.0 Å². The van der Waals surface area contributed by atoms with Gasteiger partial charge in [-0.3, -0.25) is 9.59 Å². The second-order valence-corrected chi connectivity index (χ2v) is 8.63. The lowest BCUT2D eigenvalue weighted by Crippen LogP contribution is -2.45. The van der Waals surface area contributed by atoms with Crippen LogP contribution in [-0.2, 0) is 22.1 Å². The molecule has 1 aromatic carbocycles. The van der Waals surface area contributed by atoms with Crippen molar-refractivity contribution in [1.29, 1.82) is 0 Å². The fourth-order valence-electron chi connectivity index (χ4n) is 3.20. The maximum atomic E-state index is 12.9. The summed E-state index contributed by atoms with van der Waals surface area (Å²) in [6, 6.07) is 4.66. The van der Waals surface area contributed by atoms with Crippen LogP contribution in [0.15, 0.2) is 18.2 Å². The van der Waals surface area contributed by atoms with Crippen LogP contribution in [0, 0.1) is 0 Å². The van der Waals surface area contributed by atoms with E-state index in [1.807, 2.05) is 4.72 Å². The molecule has 1 aliphatic rings. The third-order valence-corrected chi connectivity index (χ3v) is 6.43. The van der Waals surface area contributed by atoms with Gasteiger partial charge in [-0.2, -0.15) is 13.1 Å². The van der Waals surface area contributed by atoms with Gasteiger partial charge < -0.3 is 9.47 Å².